The van der Waals surface area contributed by atoms with Crippen LogP contribution in [-0.4, -0.2) is 152 Å². The first-order valence-corrected chi connectivity index (χ1v) is 14.8. The second-order valence-electron chi connectivity index (χ2n) is 8.65. The SMILES string of the molecule is COCCOCCOCCOCCOCCOCCOCCOCCOCCOCCOCCOCc1ccccc1. The monoisotopic (exact) mass is 606 g/mol. The summed E-state index contributed by atoms with van der Waals surface area (Å²) in [5.74, 6) is 0. The van der Waals surface area contributed by atoms with E-state index in [0.717, 1.165) is 5.56 Å². The van der Waals surface area contributed by atoms with E-state index >= 15 is 0 Å². The van der Waals surface area contributed by atoms with Crippen LogP contribution in [0.1, 0.15) is 5.56 Å². The predicted octanol–water partition coefficient (Wildman–Crippen LogP) is 2.02. The van der Waals surface area contributed by atoms with Crippen molar-refractivity contribution in [3.05, 3.63) is 35.9 Å². The zero-order chi connectivity index (χ0) is 29.9. The molecule has 12 nitrogen and oxygen atoms in total. The van der Waals surface area contributed by atoms with Crippen LogP contribution in [0.4, 0.5) is 0 Å². The van der Waals surface area contributed by atoms with Gasteiger partial charge in [0.25, 0.3) is 0 Å². The smallest absolute Gasteiger partial charge is 0.0718 e. The van der Waals surface area contributed by atoms with Gasteiger partial charge in [0.15, 0.2) is 0 Å². The predicted molar refractivity (Wildman–Crippen MR) is 156 cm³/mol. The maximum absolute atomic E-state index is 5.56. The maximum atomic E-state index is 5.56. The fourth-order valence-electron chi connectivity index (χ4n) is 3.11. The zero-order valence-electron chi connectivity index (χ0n) is 25.5. The molecular formula is C30H54O12. The molecule has 0 aliphatic carbocycles. The fraction of sp³-hybridized carbons (Fsp3) is 0.800. The molecule has 0 heterocycles. The van der Waals surface area contributed by atoms with Crippen molar-refractivity contribution in [1.82, 2.24) is 0 Å². The molecule has 0 bridgehead atoms. The molecule has 0 saturated carbocycles. The van der Waals surface area contributed by atoms with Crippen molar-refractivity contribution in [2.75, 3.05) is 152 Å². The van der Waals surface area contributed by atoms with Crippen molar-refractivity contribution in [2.45, 2.75) is 6.61 Å². The minimum Gasteiger partial charge on any atom is -0.382 e. The van der Waals surface area contributed by atoms with Crippen molar-refractivity contribution in [3.8, 4) is 0 Å². The highest BCUT2D eigenvalue weighted by atomic mass is 16.6. The van der Waals surface area contributed by atoms with Gasteiger partial charge in [0.05, 0.1) is 152 Å². The Kier molecular flexibility index (Phi) is 31.6. The van der Waals surface area contributed by atoms with Gasteiger partial charge in [0, 0.05) is 7.11 Å². The first kappa shape index (κ1) is 38.8. The Bertz CT molecular complexity index is 626. The van der Waals surface area contributed by atoms with Gasteiger partial charge in [-0.25, -0.2) is 0 Å². The summed E-state index contributed by atoms with van der Waals surface area (Å²) in [6, 6.07) is 10.1. The van der Waals surface area contributed by atoms with Crippen molar-refractivity contribution >= 4 is 0 Å². The number of benzene rings is 1. The zero-order valence-corrected chi connectivity index (χ0v) is 25.5. The van der Waals surface area contributed by atoms with E-state index in [2.05, 4.69) is 0 Å². The molecule has 1 aromatic rings. The van der Waals surface area contributed by atoms with E-state index in [0.29, 0.717) is 152 Å². The summed E-state index contributed by atoms with van der Waals surface area (Å²) < 4.78 is 64.9. The van der Waals surface area contributed by atoms with E-state index in [1.807, 2.05) is 30.3 Å². The molecule has 0 aromatic heterocycles. The summed E-state index contributed by atoms with van der Waals surface area (Å²) in [6.45, 7) is 12.4. The van der Waals surface area contributed by atoms with Crippen molar-refractivity contribution in [2.24, 2.45) is 0 Å². The number of methoxy groups -OCH3 is 1. The van der Waals surface area contributed by atoms with Gasteiger partial charge in [-0.2, -0.15) is 0 Å². The van der Waals surface area contributed by atoms with Crippen molar-refractivity contribution in [3.63, 3.8) is 0 Å². The molecule has 0 aliphatic rings. The Labute approximate surface area is 252 Å². The molecule has 0 unspecified atom stereocenters. The molecule has 1 aromatic carbocycles. The third-order valence-corrected chi connectivity index (χ3v) is 5.26. The van der Waals surface area contributed by atoms with Gasteiger partial charge in [-0.1, -0.05) is 30.3 Å². The highest BCUT2D eigenvalue weighted by molar-refractivity contribution is 5.13. The van der Waals surface area contributed by atoms with Crippen LogP contribution in [0.3, 0.4) is 0 Å². The summed E-state index contributed by atoms with van der Waals surface area (Å²) in [6.07, 6.45) is 0. The summed E-state index contributed by atoms with van der Waals surface area (Å²) in [5, 5.41) is 0. The lowest BCUT2D eigenvalue weighted by Gasteiger charge is -2.09. The van der Waals surface area contributed by atoms with E-state index in [1.165, 1.54) is 0 Å². The van der Waals surface area contributed by atoms with Gasteiger partial charge >= 0.3 is 0 Å². The maximum Gasteiger partial charge on any atom is 0.0718 e. The number of rotatable bonds is 35. The number of ether oxygens (including phenoxy) is 12. The molecule has 0 saturated heterocycles. The molecule has 246 valence electrons. The van der Waals surface area contributed by atoms with E-state index in [9.17, 15) is 0 Å². The Balaban J connectivity index is 1.61. The molecule has 0 aliphatic heterocycles. The normalized spacial score (nSPS) is 11.5. The Morgan fingerprint density at radius 2 is 0.548 bits per heavy atom. The summed E-state index contributed by atoms with van der Waals surface area (Å²) >= 11 is 0. The second kappa shape index (κ2) is 34.2. The highest BCUT2D eigenvalue weighted by Gasteiger charge is 1.97. The average molecular weight is 607 g/mol. The highest BCUT2D eigenvalue weighted by Crippen LogP contribution is 2.00. The van der Waals surface area contributed by atoms with E-state index in [1.54, 1.807) is 7.11 Å². The lowest BCUT2D eigenvalue weighted by molar-refractivity contribution is -0.0282. The summed E-state index contributed by atoms with van der Waals surface area (Å²) in [7, 11) is 1.65. The van der Waals surface area contributed by atoms with Gasteiger partial charge in [-0.3, -0.25) is 0 Å². The molecule has 12 heteroatoms. The third kappa shape index (κ3) is 30.2. The largest absolute Gasteiger partial charge is 0.382 e. The topological polar surface area (TPSA) is 111 Å². The lowest BCUT2D eigenvalue weighted by atomic mass is 10.2. The van der Waals surface area contributed by atoms with E-state index in [-0.39, 0.29) is 0 Å². The first-order chi connectivity index (χ1) is 20.9. The van der Waals surface area contributed by atoms with Crippen LogP contribution in [0, 0.1) is 0 Å². The van der Waals surface area contributed by atoms with Gasteiger partial charge in [0.2, 0.25) is 0 Å². The summed E-state index contributed by atoms with van der Waals surface area (Å²) in [4.78, 5) is 0. The van der Waals surface area contributed by atoms with Crippen LogP contribution < -0.4 is 0 Å². The molecule has 1 rings (SSSR count). The summed E-state index contributed by atoms with van der Waals surface area (Å²) in [5.41, 5.74) is 1.16. The standard InChI is InChI=1S/C30H54O12/c1-31-7-8-32-9-10-33-11-12-34-13-14-35-15-16-36-17-18-37-19-20-38-21-22-39-23-24-40-25-26-41-27-28-42-29-30-5-3-2-4-6-30/h2-6H,7-29H2,1H3. The molecule has 0 radical (unpaired) electrons. The molecule has 42 heavy (non-hydrogen) atoms. The van der Waals surface area contributed by atoms with Crippen molar-refractivity contribution in [1.29, 1.82) is 0 Å². The molecule has 0 amide bonds. The Hall–Kier alpha value is -1.26. The fourth-order valence-corrected chi connectivity index (χ4v) is 3.11. The Morgan fingerprint density at radius 1 is 0.310 bits per heavy atom. The van der Waals surface area contributed by atoms with Gasteiger partial charge in [-0.15, -0.1) is 0 Å². The quantitative estimate of drug-likeness (QED) is 0.105. The molecular weight excluding hydrogens is 552 g/mol. The van der Waals surface area contributed by atoms with Crippen LogP contribution in [-0.2, 0) is 63.4 Å². The minimum absolute atomic E-state index is 0.516. The van der Waals surface area contributed by atoms with Crippen LogP contribution in [0.5, 0.6) is 0 Å². The molecule has 0 atom stereocenters. The molecule has 0 fully saturated rings. The Morgan fingerprint density at radius 3 is 0.810 bits per heavy atom. The lowest BCUT2D eigenvalue weighted by Crippen LogP contribution is -2.15. The number of hydrogen-bond donors (Lipinski definition) is 0. The van der Waals surface area contributed by atoms with E-state index < -0.39 is 0 Å². The van der Waals surface area contributed by atoms with Crippen LogP contribution in [0.25, 0.3) is 0 Å². The first-order valence-electron chi connectivity index (χ1n) is 14.8. The van der Waals surface area contributed by atoms with Crippen LogP contribution in [0.15, 0.2) is 30.3 Å². The van der Waals surface area contributed by atoms with Gasteiger partial charge < -0.3 is 56.8 Å². The molecule has 0 spiro atoms. The molecule has 0 N–H and O–H groups in total. The van der Waals surface area contributed by atoms with Crippen LogP contribution in [0.2, 0.25) is 0 Å². The van der Waals surface area contributed by atoms with Crippen LogP contribution >= 0.6 is 0 Å². The third-order valence-electron chi connectivity index (χ3n) is 5.26. The van der Waals surface area contributed by atoms with Gasteiger partial charge in [0.1, 0.15) is 0 Å². The minimum atomic E-state index is 0.516. The number of hydrogen-bond acceptors (Lipinski definition) is 12. The van der Waals surface area contributed by atoms with E-state index in [4.69, 9.17) is 56.8 Å². The second-order valence-corrected chi connectivity index (χ2v) is 8.65. The average Bonchev–Trinajstić information content (AvgIpc) is 3.01. The van der Waals surface area contributed by atoms with Crippen molar-refractivity contribution < 1.29 is 56.8 Å². The van der Waals surface area contributed by atoms with Gasteiger partial charge in [-0.05, 0) is 5.56 Å².